The van der Waals surface area contributed by atoms with Gasteiger partial charge in [-0.3, -0.25) is 9.80 Å². The number of halogens is 1. The Kier molecular flexibility index (Phi) is 3.65. The van der Waals surface area contributed by atoms with Crippen molar-refractivity contribution in [1.29, 1.82) is 5.26 Å². The highest BCUT2D eigenvalue weighted by Gasteiger charge is 2.44. The Morgan fingerprint density at radius 1 is 1.32 bits per heavy atom. The first-order valence-corrected chi connectivity index (χ1v) is 7.71. The Morgan fingerprint density at radius 3 is 2.82 bits per heavy atom. The minimum absolute atomic E-state index is 0.0928. The predicted octanol–water partition coefficient (Wildman–Crippen LogP) is 3.01. The molecule has 5 heteroatoms. The normalized spacial score (nSPS) is 24.7. The molecule has 2 fully saturated rings. The molecule has 3 rings (SSSR count). The first kappa shape index (κ1) is 15.0. The zero-order valence-corrected chi connectivity index (χ0v) is 13.0. The molecule has 1 atom stereocenters. The van der Waals surface area contributed by atoms with Crippen LogP contribution in [0, 0.1) is 22.6 Å². The van der Waals surface area contributed by atoms with Crippen molar-refractivity contribution in [3.05, 3.63) is 35.1 Å². The van der Waals surface area contributed by atoms with Crippen molar-refractivity contribution in [1.82, 2.24) is 10.0 Å². The lowest BCUT2D eigenvalue weighted by atomic mass is 9.86. The SMILES string of the molecule is CC1(C)CCCN2CCC(c3cc(F)cc(C#N)c3)N2C1=O. The highest BCUT2D eigenvalue weighted by molar-refractivity contribution is 5.82. The van der Waals surface area contributed by atoms with Gasteiger partial charge in [0.2, 0.25) is 5.91 Å². The standard InChI is InChI=1S/C17H20FN3O/c1-17(2)5-3-6-20-7-4-15(21(20)16(17)22)13-8-12(11-19)9-14(18)10-13/h8-10,15H,3-7H2,1-2H3. The molecule has 2 heterocycles. The molecule has 4 nitrogen and oxygen atoms in total. The molecule has 0 spiro atoms. The van der Waals surface area contributed by atoms with Gasteiger partial charge < -0.3 is 0 Å². The van der Waals surface area contributed by atoms with Crippen LogP contribution in [-0.2, 0) is 4.79 Å². The maximum Gasteiger partial charge on any atom is 0.243 e. The largest absolute Gasteiger partial charge is 0.273 e. The molecular weight excluding hydrogens is 281 g/mol. The van der Waals surface area contributed by atoms with Gasteiger partial charge in [0.25, 0.3) is 0 Å². The molecule has 0 saturated carbocycles. The third-order valence-electron chi connectivity index (χ3n) is 4.70. The van der Waals surface area contributed by atoms with Crippen molar-refractivity contribution in [2.24, 2.45) is 5.41 Å². The van der Waals surface area contributed by atoms with E-state index in [9.17, 15) is 9.18 Å². The lowest BCUT2D eigenvalue weighted by molar-refractivity contribution is -0.154. The number of carbonyl (C=O) groups excluding carboxylic acids is 1. The van der Waals surface area contributed by atoms with E-state index in [1.165, 1.54) is 12.1 Å². The van der Waals surface area contributed by atoms with E-state index in [1.807, 2.05) is 24.9 Å². The number of hydrazine groups is 1. The van der Waals surface area contributed by atoms with Crippen LogP contribution in [0.3, 0.4) is 0 Å². The van der Waals surface area contributed by atoms with Crippen LogP contribution in [-0.4, -0.2) is 29.0 Å². The van der Waals surface area contributed by atoms with E-state index in [1.54, 1.807) is 6.07 Å². The monoisotopic (exact) mass is 301 g/mol. The highest BCUT2D eigenvalue weighted by Crippen LogP contribution is 2.40. The molecule has 1 aromatic rings. The maximum atomic E-state index is 13.8. The van der Waals surface area contributed by atoms with Crippen LogP contribution < -0.4 is 0 Å². The summed E-state index contributed by atoms with van der Waals surface area (Å²) in [5.41, 5.74) is 0.614. The van der Waals surface area contributed by atoms with Gasteiger partial charge in [0.05, 0.1) is 17.7 Å². The van der Waals surface area contributed by atoms with Crippen LogP contribution in [0.1, 0.15) is 50.3 Å². The van der Waals surface area contributed by atoms with Gasteiger partial charge in [-0.2, -0.15) is 5.26 Å². The molecule has 0 N–H and O–H groups in total. The Labute approximate surface area is 130 Å². The van der Waals surface area contributed by atoms with E-state index in [2.05, 4.69) is 5.01 Å². The average molecular weight is 301 g/mol. The van der Waals surface area contributed by atoms with Crippen molar-refractivity contribution in [3.8, 4) is 6.07 Å². The smallest absolute Gasteiger partial charge is 0.243 e. The summed E-state index contributed by atoms with van der Waals surface area (Å²) < 4.78 is 13.8. The Morgan fingerprint density at radius 2 is 2.09 bits per heavy atom. The molecule has 116 valence electrons. The van der Waals surface area contributed by atoms with Crippen LogP contribution in [0.25, 0.3) is 0 Å². The van der Waals surface area contributed by atoms with Crippen LogP contribution in [0.5, 0.6) is 0 Å². The predicted molar refractivity (Wildman–Crippen MR) is 79.9 cm³/mol. The quantitative estimate of drug-likeness (QED) is 0.801. The lowest BCUT2D eigenvalue weighted by Crippen LogP contribution is -2.46. The summed E-state index contributed by atoms with van der Waals surface area (Å²) in [6.45, 7) is 5.60. The van der Waals surface area contributed by atoms with E-state index in [-0.39, 0.29) is 11.9 Å². The van der Waals surface area contributed by atoms with Crippen LogP contribution in [0.4, 0.5) is 4.39 Å². The summed E-state index contributed by atoms with van der Waals surface area (Å²) in [5.74, 6) is -0.329. The number of rotatable bonds is 1. The molecule has 1 unspecified atom stereocenters. The van der Waals surface area contributed by atoms with E-state index in [4.69, 9.17) is 5.26 Å². The van der Waals surface area contributed by atoms with Gasteiger partial charge >= 0.3 is 0 Å². The van der Waals surface area contributed by atoms with Gasteiger partial charge in [-0.05, 0) is 43.0 Å². The number of hydrogen-bond donors (Lipinski definition) is 0. The maximum absolute atomic E-state index is 13.8. The summed E-state index contributed by atoms with van der Waals surface area (Å²) in [6, 6.07) is 6.18. The number of benzene rings is 1. The van der Waals surface area contributed by atoms with Crippen LogP contribution in [0.15, 0.2) is 18.2 Å². The summed E-state index contributed by atoms with van der Waals surface area (Å²) in [5, 5.41) is 12.9. The van der Waals surface area contributed by atoms with Gasteiger partial charge in [0.15, 0.2) is 0 Å². The number of carbonyl (C=O) groups is 1. The van der Waals surface area contributed by atoms with Gasteiger partial charge in [-0.25, -0.2) is 9.40 Å². The molecule has 2 saturated heterocycles. The second-order valence-corrected chi connectivity index (χ2v) is 6.78. The van der Waals surface area contributed by atoms with Gasteiger partial charge in [-0.1, -0.05) is 13.8 Å². The van der Waals surface area contributed by atoms with E-state index < -0.39 is 11.2 Å². The number of nitriles is 1. The number of hydrogen-bond acceptors (Lipinski definition) is 3. The Hall–Kier alpha value is -1.93. The van der Waals surface area contributed by atoms with Gasteiger partial charge in [0.1, 0.15) is 5.82 Å². The lowest BCUT2D eigenvalue weighted by Gasteiger charge is -2.34. The number of amides is 1. The molecule has 0 aromatic heterocycles. The molecule has 22 heavy (non-hydrogen) atoms. The molecule has 0 aliphatic carbocycles. The Balaban J connectivity index is 2.00. The second kappa shape index (κ2) is 5.36. The zero-order valence-electron chi connectivity index (χ0n) is 13.0. The number of fused-ring (bicyclic) bond motifs is 1. The molecular formula is C17H20FN3O. The molecule has 2 aliphatic heterocycles. The van der Waals surface area contributed by atoms with Crippen molar-refractivity contribution in [3.63, 3.8) is 0 Å². The minimum atomic E-state index is -0.422. The highest BCUT2D eigenvalue weighted by atomic mass is 19.1. The van der Waals surface area contributed by atoms with Gasteiger partial charge in [-0.15, -0.1) is 0 Å². The average Bonchev–Trinajstić information content (AvgIpc) is 2.84. The fraction of sp³-hybridized carbons (Fsp3) is 0.529. The topological polar surface area (TPSA) is 47.3 Å². The zero-order chi connectivity index (χ0) is 15.9. The van der Waals surface area contributed by atoms with Crippen molar-refractivity contribution in [2.45, 2.75) is 39.2 Å². The third kappa shape index (κ3) is 2.48. The van der Waals surface area contributed by atoms with Crippen molar-refractivity contribution >= 4 is 5.91 Å². The summed E-state index contributed by atoms with van der Waals surface area (Å²) in [6.07, 6.45) is 2.61. The van der Waals surface area contributed by atoms with Crippen molar-refractivity contribution in [2.75, 3.05) is 13.1 Å². The van der Waals surface area contributed by atoms with Crippen LogP contribution >= 0.6 is 0 Å². The molecule has 0 bridgehead atoms. The van der Waals surface area contributed by atoms with E-state index in [0.29, 0.717) is 11.1 Å². The molecule has 2 aliphatic rings. The molecule has 1 aromatic carbocycles. The third-order valence-corrected chi connectivity index (χ3v) is 4.70. The summed E-state index contributed by atoms with van der Waals surface area (Å²) >= 11 is 0. The fourth-order valence-corrected chi connectivity index (χ4v) is 3.49. The molecule has 1 amide bonds. The Bertz CT molecular complexity index is 650. The fourth-order valence-electron chi connectivity index (χ4n) is 3.49. The molecule has 0 radical (unpaired) electrons. The van der Waals surface area contributed by atoms with E-state index >= 15 is 0 Å². The van der Waals surface area contributed by atoms with Crippen molar-refractivity contribution < 1.29 is 9.18 Å². The van der Waals surface area contributed by atoms with Crippen LogP contribution in [0.2, 0.25) is 0 Å². The number of nitrogens with zero attached hydrogens (tertiary/aromatic N) is 3. The second-order valence-electron chi connectivity index (χ2n) is 6.78. The summed E-state index contributed by atoms with van der Waals surface area (Å²) in [4.78, 5) is 12.9. The summed E-state index contributed by atoms with van der Waals surface area (Å²) in [7, 11) is 0. The first-order chi connectivity index (χ1) is 10.4. The van der Waals surface area contributed by atoms with Gasteiger partial charge in [0, 0.05) is 18.5 Å². The first-order valence-electron chi connectivity index (χ1n) is 7.71. The minimum Gasteiger partial charge on any atom is -0.273 e. The van der Waals surface area contributed by atoms with E-state index in [0.717, 1.165) is 32.4 Å².